The third-order valence-electron chi connectivity index (χ3n) is 5.31. The third-order valence-corrected chi connectivity index (χ3v) is 5.31. The molecule has 0 saturated heterocycles. The number of halogens is 3. The summed E-state index contributed by atoms with van der Waals surface area (Å²) in [6, 6.07) is 23.5. The van der Waals surface area contributed by atoms with Crippen molar-refractivity contribution in [3.8, 4) is 11.5 Å². The van der Waals surface area contributed by atoms with Crippen molar-refractivity contribution in [1.82, 2.24) is 5.43 Å². The molecule has 36 heavy (non-hydrogen) atoms. The van der Waals surface area contributed by atoms with E-state index in [4.69, 9.17) is 9.47 Å². The molecule has 0 radical (unpaired) electrons. The average molecular weight is 492 g/mol. The minimum atomic E-state index is -4.53. The summed E-state index contributed by atoms with van der Waals surface area (Å²) in [5, 5.41) is 6.14. The lowest BCUT2D eigenvalue weighted by Gasteiger charge is -2.13. The van der Waals surface area contributed by atoms with Gasteiger partial charge in [-0.2, -0.15) is 18.3 Å². The number of hydrogen-bond donors (Lipinski definition) is 1. The second kappa shape index (κ2) is 10.9. The molecule has 0 bridgehead atoms. The first-order chi connectivity index (χ1) is 17.3. The van der Waals surface area contributed by atoms with E-state index >= 15 is 0 Å². The van der Waals surface area contributed by atoms with Gasteiger partial charge in [0.2, 0.25) is 0 Å². The van der Waals surface area contributed by atoms with Gasteiger partial charge in [-0.05, 0) is 71.3 Å². The normalized spacial score (nSPS) is 11.6. The van der Waals surface area contributed by atoms with Gasteiger partial charge in [0.25, 0.3) is 5.91 Å². The maximum atomic E-state index is 12.9. The van der Waals surface area contributed by atoms with E-state index in [-0.39, 0.29) is 5.56 Å². The number of carbonyl (C=O) groups excluding carboxylic acids is 1. The molecule has 4 aromatic rings. The number of hydrazone groups is 1. The third kappa shape index (κ3) is 6.21. The number of nitrogens with zero attached hydrogens (tertiary/aromatic N) is 1. The van der Waals surface area contributed by atoms with Crippen LogP contribution in [-0.4, -0.2) is 18.7 Å². The fourth-order valence-corrected chi connectivity index (χ4v) is 3.55. The van der Waals surface area contributed by atoms with Crippen LogP contribution < -0.4 is 14.9 Å². The average Bonchev–Trinajstić information content (AvgIpc) is 2.88. The summed E-state index contributed by atoms with van der Waals surface area (Å²) in [4.78, 5) is 12.2. The van der Waals surface area contributed by atoms with Gasteiger partial charge >= 0.3 is 6.18 Å². The van der Waals surface area contributed by atoms with Crippen LogP contribution in [0, 0.1) is 0 Å². The van der Waals surface area contributed by atoms with Crippen molar-refractivity contribution in [1.29, 1.82) is 0 Å². The number of rotatable bonds is 8. The van der Waals surface area contributed by atoms with Crippen molar-refractivity contribution >= 4 is 22.9 Å². The van der Waals surface area contributed by atoms with Crippen molar-refractivity contribution in [2.24, 2.45) is 5.10 Å². The topological polar surface area (TPSA) is 59.9 Å². The van der Waals surface area contributed by atoms with Crippen molar-refractivity contribution in [3.63, 3.8) is 0 Å². The maximum Gasteiger partial charge on any atom is 0.416 e. The monoisotopic (exact) mass is 492 g/mol. The molecule has 4 aromatic carbocycles. The smallest absolute Gasteiger partial charge is 0.416 e. The van der Waals surface area contributed by atoms with Crippen LogP contribution in [0.4, 0.5) is 13.2 Å². The summed E-state index contributed by atoms with van der Waals surface area (Å²) >= 11 is 0. The highest BCUT2D eigenvalue weighted by Crippen LogP contribution is 2.30. The lowest BCUT2D eigenvalue weighted by atomic mass is 10.1. The Hall–Kier alpha value is -4.33. The predicted molar refractivity (Wildman–Crippen MR) is 132 cm³/mol. The number of benzene rings is 4. The highest BCUT2D eigenvalue weighted by Gasteiger charge is 2.30. The standard InChI is InChI=1S/C28H23F3N2O3/c1-2-35-26-15-19(17-32-33-27(34)23-8-5-9-24(16-23)28(29,30)31)11-13-25(26)36-18-20-10-12-21-6-3-4-7-22(21)14-20/h3-17H,2,18H2,1H3,(H,33,34)/b32-17-. The van der Waals surface area contributed by atoms with Crippen LogP contribution in [0.5, 0.6) is 11.5 Å². The molecule has 0 spiro atoms. The van der Waals surface area contributed by atoms with E-state index in [1.807, 2.05) is 37.3 Å². The highest BCUT2D eigenvalue weighted by atomic mass is 19.4. The molecular formula is C28H23F3N2O3. The summed E-state index contributed by atoms with van der Waals surface area (Å²) in [6.07, 6.45) is -3.16. The summed E-state index contributed by atoms with van der Waals surface area (Å²) in [5.41, 5.74) is 2.82. The molecule has 0 aliphatic carbocycles. The number of alkyl halides is 3. The Balaban J connectivity index is 1.42. The van der Waals surface area contributed by atoms with E-state index in [2.05, 4.69) is 22.7 Å². The van der Waals surface area contributed by atoms with Gasteiger partial charge in [0, 0.05) is 5.56 Å². The molecule has 1 amide bonds. The first-order valence-corrected chi connectivity index (χ1v) is 11.2. The van der Waals surface area contributed by atoms with E-state index < -0.39 is 17.6 Å². The predicted octanol–water partition coefficient (Wildman–Crippen LogP) is 6.60. The van der Waals surface area contributed by atoms with Crippen LogP contribution in [0.15, 0.2) is 90.0 Å². The number of hydrogen-bond acceptors (Lipinski definition) is 4. The van der Waals surface area contributed by atoms with Gasteiger partial charge in [-0.15, -0.1) is 0 Å². The van der Waals surface area contributed by atoms with Crippen LogP contribution in [0.3, 0.4) is 0 Å². The molecule has 0 aromatic heterocycles. The zero-order chi connectivity index (χ0) is 25.5. The highest BCUT2D eigenvalue weighted by molar-refractivity contribution is 5.95. The molecule has 0 atom stereocenters. The largest absolute Gasteiger partial charge is 0.490 e. The van der Waals surface area contributed by atoms with Crippen molar-refractivity contribution in [3.05, 3.63) is 107 Å². The van der Waals surface area contributed by atoms with Gasteiger partial charge < -0.3 is 9.47 Å². The molecule has 0 aliphatic rings. The Morgan fingerprint density at radius 3 is 2.47 bits per heavy atom. The number of carbonyl (C=O) groups is 1. The number of nitrogens with one attached hydrogen (secondary N) is 1. The van der Waals surface area contributed by atoms with Crippen LogP contribution >= 0.6 is 0 Å². The van der Waals surface area contributed by atoms with Gasteiger partial charge in [0.15, 0.2) is 11.5 Å². The molecule has 1 N–H and O–H groups in total. The lowest BCUT2D eigenvalue weighted by molar-refractivity contribution is -0.137. The van der Waals surface area contributed by atoms with Crippen LogP contribution in [0.2, 0.25) is 0 Å². The van der Waals surface area contributed by atoms with Gasteiger partial charge in [-0.25, -0.2) is 5.43 Å². The van der Waals surface area contributed by atoms with E-state index in [1.54, 1.807) is 18.2 Å². The minimum Gasteiger partial charge on any atom is -0.490 e. The second-order valence-electron chi connectivity index (χ2n) is 7.89. The maximum absolute atomic E-state index is 12.9. The van der Waals surface area contributed by atoms with Crippen molar-refractivity contribution in [2.45, 2.75) is 19.7 Å². The summed E-state index contributed by atoms with van der Waals surface area (Å²) in [6.45, 7) is 2.62. The molecule has 0 aliphatic heterocycles. The first kappa shape index (κ1) is 24.8. The molecular weight excluding hydrogens is 469 g/mol. The zero-order valence-electron chi connectivity index (χ0n) is 19.4. The molecule has 0 heterocycles. The van der Waals surface area contributed by atoms with Crippen LogP contribution in [0.25, 0.3) is 10.8 Å². The van der Waals surface area contributed by atoms with Crippen LogP contribution in [0.1, 0.15) is 34.0 Å². The van der Waals surface area contributed by atoms with Gasteiger partial charge in [0.05, 0.1) is 18.4 Å². The first-order valence-electron chi connectivity index (χ1n) is 11.2. The van der Waals surface area contributed by atoms with Crippen molar-refractivity contribution < 1.29 is 27.4 Å². The molecule has 0 unspecified atom stereocenters. The second-order valence-corrected chi connectivity index (χ2v) is 7.89. The molecule has 4 rings (SSSR count). The summed E-state index contributed by atoms with van der Waals surface area (Å²) in [7, 11) is 0. The summed E-state index contributed by atoms with van der Waals surface area (Å²) < 4.78 is 50.3. The fourth-order valence-electron chi connectivity index (χ4n) is 3.55. The molecule has 184 valence electrons. The van der Waals surface area contributed by atoms with Crippen molar-refractivity contribution in [2.75, 3.05) is 6.61 Å². The van der Waals surface area contributed by atoms with E-state index in [1.165, 1.54) is 18.3 Å². The molecule has 8 heteroatoms. The number of ether oxygens (including phenoxy) is 2. The zero-order valence-corrected chi connectivity index (χ0v) is 19.4. The molecule has 0 saturated carbocycles. The van der Waals surface area contributed by atoms with Gasteiger partial charge in [-0.3, -0.25) is 4.79 Å². The van der Waals surface area contributed by atoms with Gasteiger partial charge in [0.1, 0.15) is 6.61 Å². The molecule has 5 nitrogen and oxygen atoms in total. The van der Waals surface area contributed by atoms with E-state index in [0.717, 1.165) is 28.5 Å². The van der Waals surface area contributed by atoms with E-state index in [9.17, 15) is 18.0 Å². The van der Waals surface area contributed by atoms with Crippen LogP contribution in [-0.2, 0) is 12.8 Å². The number of amides is 1. The Morgan fingerprint density at radius 1 is 0.889 bits per heavy atom. The minimum absolute atomic E-state index is 0.144. The Kier molecular flexibility index (Phi) is 7.53. The SMILES string of the molecule is CCOc1cc(/C=N\NC(=O)c2cccc(C(F)(F)F)c2)ccc1OCc1ccc2ccccc2c1. The fraction of sp³-hybridized carbons (Fsp3) is 0.143. The Labute approximate surface area is 206 Å². The Bertz CT molecular complexity index is 1400. The quantitative estimate of drug-likeness (QED) is 0.223. The summed E-state index contributed by atoms with van der Waals surface area (Å²) in [5.74, 6) is 0.305. The van der Waals surface area contributed by atoms with E-state index in [0.29, 0.717) is 30.3 Å². The van der Waals surface area contributed by atoms with Gasteiger partial charge in [-0.1, -0.05) is 42.5 Å². The Morgan fingerprint density at radius 2 is 1.69 bits per heavy atom. The molecule has 0 fully saturated rings. The number of fused-ring (bicyclic) bond motifs is 1. The lowest BCUT2D eigenvalue weighted by Crippen LogP contribution is -2.18.